The van der Waals surface area contributed by atoms with Crippen molar-refractivity contribution >= 4 is 24.0 Å². The second-order valence-electron chi connectivity index (χ2n) is 3.22. The van der Waals surface area contributed by atoms with Crippen molar-refractivity contribution in [3.8, 4) is 0 Å². The molecule has 0 fully saturated rings. The van der Waals surface area contributed by atoms with Gasteiger partial charge in [-0.2, -0.15) is 12.6 Å². The molecule has 2 N–H and O–H groups in total. The van der Waals surface area contributed by atoms with Crippen LogP contribution >= 0.6 is 24.0 Å². The molecule has 0 radical (unpaired) electrons. The molecular weight excluding hydrogens is 218 g/mol. The van der Waals surface area contributed by atoms with Gasteiger partial charge in [0, 0.05) is 4.88 Å². The van der Waals surface area contributed by atoms with E-state index in [0.717, 1.165) is 10.6 Å². The summed E-state index contributed by atoms with van der Waals surface area (Å²) >= 11 is 5.43. The van der Waals surface area contributed by atoms with E-state index >= 15 is 0 Å². The third kappa shape index (κ3) is 2.70. The number of nitrogens with zero attached hydrogens (tertiary/aromatic N) is 1. The molecule has 0 aliphatic heterocycles. The lowest BCUT2D eigenvalue weighted by atomic mass is 10.1. The fourth-order valence-corrected chi connectivity index (χ4v) is 2.31. The van der Waals surface area contributed by atoms with E-state index in [0.29, 0.717) is 17.2 Å². The zero-order valence-corrected chi connectivity index (χ0v) is 9.98. The largest absolute Gasteiger partial charge is 0.390 e. The average Bonchev–Trinajstić information content (AvgIpc) is 2.46. The standard InChI is InChI=1S/C9H15NO2S2/c1-5-6(2)14-9(10-5)8(12)7(11)3-4-13/h7-8,11-13H,3-4H2,1-2H3. The molecule has 14 heavy (non-hydrogen) atoms. The number of rotatable bonds is 4. The van der Waals surface area contributed by atoms with E-state index in [4.69, 9.17) is 0 Å². The van der Waals surface area contributed by atoms with Crippen LogP contribution in [0.15, 0.2) is 0 Å². The summed E-state index contributed by atoms with van der Waals surface area (Å²) in [6.45, 7) is 3.85. The van der Waals surface area contributed by atoms with Gasteiger partial charge >= 0.3 is 0 Å². The van der Waals surface area contributed by atoms with Crippen LogP contribution in [0.5, 0.6) is 0 Å². The Balaban J connectivity index is 2.73. The molecule has 0 aliphatic rings. The molecule has 1 rings (SSSR count). The van der Waals surface area contributed by atoms with Crippen molar-refractivity contribution in [3.63, 3.8) is 0 Å². The quantitative estimate of drug-likeness (QED) is 0.690. The van der Waals surface area contributed by atoms with Crippen molar-refractivity contribution in [2.45, 2.75) is 32.5 Å². The van der Waals surface area contributed by atoms with Gasteiger partial charge in [-0.3, -0.25) is 0 Å². The number of aromatic nitrogens is 1. The third-order valence-corrected chi connectivity index (χ3v) is 3.49. The Morgan fingerprint density at radius 2 is 2.07 bits per heavy atom. The smallest absolute Gasteiger partial charge is 0.131 e. The minimum absolute atomic E-state index is 0.474. The summed E-state index contributed by atoms with van der Waals surface area (Å²) in [5.74, 6) is 0.557. The minimum Gasteiger partial charge on any atom is -0.390 e. The maximum Gasteiger partial charge on any atom is 0.131 e. The molecule has 0 aromatic carbocycles. The van der Waals surface area contributed by atoms with Crippen molar-refractivity contribution in [3.05, 3.63) is 15.6 Å². The Morgan fingerprint density at radius 1 is 1.43 bits per heavy atom. The lowest BCUT2D eigenvalue weighted by Crippen LogP contribution is -2.18. The number of thiazole rings is 1. The number of aliphatic hydroxyl groups is 2. The first-order valence-electron chi connectivity index (χ1n) is 4.47. The molecular formula is C9H15NO2S2. The van der Waals surface area contributed by atoms with Gasteiger partial charge in [0.05, 0.1) is 11.8 Å². The normalized spacial score (nSPS) is 15.5. The van der Waals surface area contributed by atoms with Crippen molar-refractivity contribution < 1.29 is 10.2 Å². The van der Waals surface area contributed by atoms with Crippen LogP contribution in [-0.2, 0) is 0 Å². The number of hydrogen-bond donors (Lipinski definition) is 3. The molecule has 1 aromatic heterocycles. The first-order chi connectivity index (χ1) is 6.56. The lowest BCUT2D eigenvalue weighted by molar-refractivity contribution is 0.0170. The van der Waals surface area contributed by atoms with Crippen LogP contribution in [-0.4, -0.2) is 27.1 Å². The van der Waals surface area contributed by atoms with E-state index in [-0.39, 0.29) is 0 Å². The summed E-state index contributed by atoms with van der Waals surface area (Å²) < 4.78 is 0. The van der Waals surface area contributed by atoms with Crippen LogP contribution in [0.3, 0.4) is 0 Å². The average molecular weight is 233 g/mol. The van der Waals surface area contributed by atoms with Crippen LogP contribution in [0.25, 0.3) is 0 Å². The zero-order chi connectivity index (χ0) is 10.7. The van der Waals surface area contributed by atoms with Gasteiger partial charge in [0.2, 0.25) is 0 Å². The summed E-state index contributed by atoms with van der Waals surface area (Å²) in [6.07, 6.45) is -1.17. The first kappa shape index (κ1) is 12.0. The molecule has 2 atom stereocenters. The molecule has 1 aromatic rings. The molecule has 1 heterocycles. The lowest BCUT2D eigenvalue weighted by Gasteiger charge is -2.13. The van der Waals surface area contributed by atoms with Crippen molar-refractivity contribution in [2.75, 3.05) is 5.75 Å². The van der Waals surface area contributed by atoms with E-state index < -0.39 is 12.2 Å². The molecule has 0 saturated heterocycles. The highest BCUT2D eigenvalue weighted by molar-refractivity contribution is 7.80. The molecule has 80 valence electrons. The minimum atomic E-state index is -0.875. The number of aliphatic hydroxyl groups excluding tert-OH is 2. The molecule has 2 unspecified atom stereocenters. The third-order valence-electron chi connectivity index (χ3n) is 2.09. The van der Waals surface area contributed by atoms with E-state index in [1.807, 2.05) is 13.8 Å². The predicted molar refractivity (Wildman–Crippen MR) is 61.0 cm³/mol. The van der Waals surface area contributed by atoms with Crippen molar-refractivity contribution in [2.24, 2.45) is 0 Å². The Kier molecular flexibility index (Phi) is 4.37. The SMILES string of the molecule is Cc1nc(C(O)C(O)CCS)sc1C. The fourth-order valence-electron chi connectivity index (χ4n) is 1.08. The summed E-state index contributed by atoms with van der Waals surface area (Å²) in [7, 11) is 0. The van der Waals surface area contributed by atoms with E-state index in [1.54, 1.807) is 0 Å². The summed E-state index contributed by atoms with van der Waals surface area (Å²) in [6, 6.07) is 0. The Morgan fingerprint density at radius 3 is 2.50 bits per heavy atom. The summed E-state index contributed by atoms with van der Waals surface area (Å²) in [5.41, 5.74) is 0.919. The fraction of sp³-hybridized carbons (Fsp3) is 0.667. The van der Waals surface area contributed by atoms with Crippen LogP contribution in [0.1, 0.15) is 28.1 Å². The molecule has 0 saturated carbocycles. The number of aryl methyl sites for hydroxylation is 2. The monoisotopic (exact) mass is 233 g/mol. The van der Waals surface area contributed by atoms with E-state index in [2.05, 4.69) is 17.6 Å². The Hall–Kier alpha value is -0.100. The maximum atomic E-state index is 9.72. The topological polar surface area (TPSA) is 53.4 Å². The van der Waals surface area contributed by atoms with Crippen molar-refractivity contribution in [1.29, 1.82) is 0 Å². The van der Waals surface area contributed by atoms with Gasteiger partial charge in [-0.25, -0.2) is 4.98 Å². The molecule has 5 heteroatoms. The van der Waals surface area contributed by atoms with Gasteiger partial charge in [-0.15, -0.1) is 11.3 Å². The number of hydrogen-bond acceptors (Lipinski definition) is 5. The van der Waals surface area contributed by atoms with Gasteiger partial charge in [-0.1, -0.05) is 0 Å². The molecule has 3 nitrogen and oxygen atoms in total. The highest BCUT2D eigenvalue weighted by Gasteiger charge is 2.21. The molecule has 0 bridgehead atoms. The van der Waals surface area contributed by atoms with Crippen molar-refractivity contribution in [1.82, 2.24) is 4.98 Å². The second kappa shape index (κ2) is 5.11. The van der Waals surface area contributed by atoms with Gasteiger partial charge in [0.1, 0.15) is 11.1 Å². The molecule has 0 aliphatic carbocycles. The highest BCUT2D eigenvalue weighted by atomic mass is 32.1. The van der Waals surface area contributed by atoms with E-state index in [9.17, 15) is 10.2 Å². The Bertz CT molecular complexity index is 282. The second-order valence-corrected chi connectivity index (χ2v) is 4.90. The first-order valence-corrected chi connectivity index (χ1v) is 5.92. The predicted octanol–water partition coefficient (Wildman–Crippen LogP) is 1.47. The van der Waals surface area contributed by atoms with Crippen LogP contribution in [0.2, 0.25) is 0 Å². The van der Waals surface area contributed by atoms with Gasteiger partial charge in [0.15, 0.2) is 0 Å². The van der Waals surface area contributed by atoms with Gasteiger partial charge < -0.3 is 10.2 Å². The van der Waals surface area contributed by atoms with Gasteiger partial charge in [-0.05, 0) is 26.0 Å². The summed E-state index contributed by atoms with van der Waals surface area (Å²) in [4.78, 5) is 5.28. The van der Waals surface area contributed by atoms with E-state index in [1.165, 1.54) is 11.3 Å². The maximum absolute atomic E-state index is 9.72. The van der Waals surface area contributed by atoms with Crippen LogP contribution in [0, 0.1) is 13.8 Å². The Labute approximate surface area is 93.2 Å². The van der Waals surface area contributed by atoms with Gasteiger partial charge in [0.25, 0.3) is 0 Å². The molecule has 0 amide bonds. The summed E-state index contributed by atoms with van der Waals surface area (Å²) in [5, 5.41) is 19.9. The molecule has 0 spiro atoms. The number of thiol groups is 1. The van der Waals surface area contributed by atoms with Crippen LogP contribution in [0.4, 0.5) is 0 Å². The zero-order valence-electron chi connectivity index (χ0n) is 8.27. The van der Waals surface area contributed by atoms with Crippen LogP contribution < -0.4 is 0 Å². The highest BCUT2D eigenvalue weighted by Crippen LogP contribution is 2.25.